The maximum Gasteiger partial charge on any atom is 0.255 e. The molecule has 0 spiro atoms. The molecule has 2 aromatic rings. The maximum absolute atomic E-state index is 12.9. The van der Waals surface area contributed by atoms with Gasteiger partial charge in [-0.1, -0.05) is 29.8 Å². The third kappa shape index (κ3) is 3.73. The number of carbonyl (C=O) groups excluding carboxylic acids is 3. The summed E-state index contributed by atoms with van der Waals surface area (Å²) in [6.07, 6.45) is 1.78. The predicted octanol–water partition coefficient (Wildman–Crippen LogP) is 3.07. The van der Waals surface area contributed by atoms with Crippen molar-refractivity contribution in [3.8, 4) is 5.75 Å². The molecule has 3 amide bonds. The fourth-order valence-electron chi connectivity index (χ4n) is 3.72. The van der Waals surface area contributed by atoms with Crippen LogP contribution < -0.4 is 15.4 Å². The van der Waals surface area contributed by atoms with Crippen molar-refractivity contribution in [3.05, 3.63) is 58.1 Å². The number of ether oxygens (including phenoxy) is 1. The Hall–Kier alpha value is -3.06. The van der Waals surface area contributed by atoms with Crippen molar-refractivity contribution < 1.29 is 19.1 Å². The summed E-state index contributed by atoms with van der Waals surface area (Å²) in [5.41, 5.74) is 2.50. The number of anilines is 1. The minimum Gasteiger partial charge on any atom is -0.495 e. The van der Waals surface area contributed by atoms with E-state index in [1.807, 2.05) is 13.0 Å². The van der Waals surface area contributed by atoms with E-state index in [-0.39, 0.29) is 24.4 Å². The van der Waals surface area contributed by atoms with Gasteiger partial charge in [0.25, 0.3) is 5.91 Å². The van der Waals surface area contributed by atoms with Gasteiger partial charge in [0, 0.05) is 22.7 Å². The number of aryl methyl sites for hydroxylation is 1. The van der Waals surface area contributed by atoms with Crippen LogP contribution in [0, 0.1) is 6.92 Å². The van der Waals surface area contributed by atoms with Crippen LogP contribution in [-0.2, 0) is 9.59 Å². The first-order valence-electron chi connectivity index (χ1n) is 9.74. The number of benzene rings is 2. The highest BCUT2D eigenvalue weighted by Crippen LogP contribution is 2.41. The number of nitrogens with zero attached hydrogens (tertiary/aromatic N) is 1. The molecule has 1 fully saturated rings. The van der Waals surface area contributed by atoms with E-state index in [1.165, 1.54) is 7.11 Å². The molecular weight excluding hydrogens is 406 g/mol. The van der Waals surface area contributed by atoms with E-state index in [0.717, 1.165) is 18.4 Å². The molecule has 4 rings (SSSR count). The standard InChI is InChI=1S/C22H22ClN3O4/c1-12-9-17(18(30-2)10-16(12)23)25-19(27)11-24-21(28)20-14-5-3-4-6-15(14)22(29)26(20)13-7-8-13/h3-6,9-10,13,20H,7-8,11H2,1-2H3,(H,24,28)(H,25,27). The summed E-state index contributed by atoms with van der Waals surface area (Å²) in [5, 5.41) is 5.93. The van der Waals surface area contributed by atoms with Crippen molar-refractivity contribution in [2.45, 2.75) is 31.8 Å². The first kappa shape index (κ1) is 20.2. The zero-order valence-electron chi connectivity index (χ0n) is 16.7. The van der Waals surface area contributed by atoms with Crippen LogP contribution in [-0.4, -0.2) is 42.3 Å². The number of hydrogen-bond donors (Lipinski definition) is 2. The van der Waals surface area contributed by atoms with Crippen LogP contribution in [0.15, 0.2) is 36.4 Å². The van der Waals surface area contributed by atoms with Crippen molar-refractivity contribution in [2.75, 3.05) is 19.0 Å². The normalized spacial score (nSPS) is 17.5. The average Bonchev–Trinajstić information content (AvgIpc) is 3.53. The second-order valence-electron chi connectivity index (χ2n) is 7.50. The summed E-state index contributed by atoms with van der Waals surface area (Å²) in [5.74, 6) is -0.465. The van der Waals surface area contributed by atoms with Crippen molar-refractivity contribution in [1.82, 2.24) is 10.2 Å². The highest BCUT2D eigenvalue weighted by molar-refractivity contribution is 6.31. The van der Waals surface area contributed by atoms with E-state index >= 15 is 0 Å². The second kappa shape index (κ2) is 7.99. The molecule has 1 heterocycles. The quantitative estimate of drug-likeness (QED) is 0.741. The van der Waals surface area contributed by atoms with Gasteiger partial charge in [0.05, 0.1) is 19.3 Å². The van der Waals surface area contributed by atoms with Crippen LogP contribution in [0.4, 0.5) is 5.69 Å². The van der Waals surface area contributed by atoms with Gasteiger partial charge in [-0.25, -0.2) is 0 Å². The van der Waals surface area contributed by atoms with Gasteiger partial charge in [0.1, 0.15) is 11.8 Å². The van der Waals surface area contributed by atoms with Crippen LogP contribution in [0.25, 0.3) is 0 Å². The highest BCUT2D eigenvalue weighted by atomic mass is 35.5. The number of carbonyl (C=O) groups is 3. The molecule has 1 aliphatic heterocycles. The highest BCUT2D eigenvalue weighted by Gasteiger charge is 2.47. The molecule has 1 aliphatic carbocycles. The molecule has 30 heavy (non-hydrogen) atoms. The van der Waals surface area contributed by atoms with Crippen LogP contribution in [0.2, 0.25) is 5.02 Å². The third-order valence-corrected chi connectivity index (χ3v) is 5.77. The first-order valence-corrected chi connectivity index (χ1v) is 10.1. The lowest BCUT2D eigenvalue weighted by Gasteiger charge is -2.24. The third-order valence-electron chi connectivity index (χ3n) is 5.37. The molecule has 1 saturated carbocycles. The fraction of sp³-hybridized carbons (Fsp3) is 0.318. The summed E-state index contributed by atoms with van der Waals surface area (Å²) in [6.45, 7) is 1.59. The molecule has 7 nitrogen and oxygen atoms in total. The Morgan fingerprint density at radius 2 is 1.97 bits per heavy atom. The smallest absolute Gasteiger partial charge is 0.255 e. The van der Waals surface area contributed by atoms with E-state index < -0.39 is 11.9 Å². The van der Waals surface area contributed by atoms with E-state index in [1.54, 1.807) is 35.2 Å². The second-order valence-corrected chi connectivity index (χ2v) is 7.91. The summed E-state index contributed by atoms with van der Waals surface area (Å²) in [6, 6.07) is 9.84. The Morgan fingerprint density at radius 1 is 1.23 bits per heavy atom. The maximum atomic E-state index is 12.9. The van der Waals surface area contributed by atoms with E-state index in [2.05, 4.69) is 10.6 Å². The van der Waals surface area contributed by atoms with Crippen LogP contribution in [0.5, 0.6) is 5.75 Å². The van der Waals surface area contributed by atoms with Gasteiger partial charge in [-0.3, -0.25) is 14.4 Å². The lowest BCUT2D eigenvalue weighted by Crippen LogP contribution is -2.42. The van der Waals surface area contributed by atoms with Crippen molar-refractivity contribution >= 4 is 35.0 Å². The predicted molar refractivity (Wildman–Crippen MR) is 113 cm³/mol. The number of nitrogens with one attached hydrogen (secondary N) is 2. The molecule has 1 unspecified atom stereocenters. The zero-order valence-corrected chi connectivity index (χ0v) is 17.5. The molecule has 156 valence electrons. The van der Waals surface area contributed by atoms with Crippen molar-refractivity contribution in [3.63, 3.8) is 0 Å². The Labute approximate surface area is 179 Å². The molecule has 0 aromatic heterocycles. The average molecular weight is 428 g/mol. The number of hydrogen-bond acceptors (Lipinski definition) is 4. The topological polar surface area (TPSA) is 87.7 Å². The van der Waals surface area contributed by atoms with Gasteiger partial charge in [-0.2, -0.15) is 0 Å². The first-order chi connectivity index (χ1) is 14.4. The van der Waals surface area contributed by atoms with Gasteiger partial charge in [-0.05, 0) is 43.0 Å². The lowest BCUT2D eigenvalue weighted by atomic mass is 10.0. The van der Waals surface area contributed by atoms with Gasteiger partial charge >= 0.3 is 0 Å². The largest absolute Gasteiger partial charge is 0.495 e. The van der Waals surface area contributed by atoms with Crippen LogP contribution in [0.1, 0.15) is 40.4 Å². The van der Waals surface area contributed by atoms with Crippen molar-refractivity contribution in [2.24, 2.45) is 0 Å². The minimum atomic E-state index is -0.707. The van der Waals surface area contributed by atoms with Gasteiger partial charge < -0.3 is 20.3 Å². The SMILES string of the molecule is COc1cc(Cl)c(C)cc1NC(=O)CNC(=O)C1c2ccccc2C(=O)N1C1CC1. The van der Waals surface area contributed by atoms with E-state index in [4.69, 9.17) is 16.3 Å². The molecule has 2 aliphatic rings. The molecule has 2 aromatic carbocycles. The molecule has 2 N–H and O–H groups in total. The molecule has 0 bridgehead atoms. The number of rotatable bonds is 6. The monoisotopic (exact) mass is 427 g/mol. The van der Waals surface area contributed by atoms with E-state index in [0.29, 0.717) is 27.6 Å². The fourth-order valence-corrected chi connectivity index (χ4v) is 3.88. The minimum absolute atomic E-state index is 0.0794. The summed E-state index contributed by atoms with van der Waals surface area (Å²) in [4.78, 5) is 39.8. The van der Waals surface area contributed by atoms with Gasteiger partial charge in [0.15, 0.2) is 0 Å². The number of fused-ring (bicyclic) bond motifs is 1. The molecule has 1 atom stereocenters. The number of methoxy groups -OCH3 is 1. The van der Waals surface area contributed by atoms with E-state index in [9.17, 15) is 14.4 Å². The summed E-state index contributed by atoms with van der Waals surface area (Å²) < 4.78 is 5.26. The van der Waals surface area contributed by atoms with Gasteiger partial charge in [-0.15, -0.1) is 0 Å². The van der Waals surface area contributed by atoms with Crippen LogP contribution >= 0.6 is 11.6 Å². The number of amides is 3. The Morgan fingerprint density at radius 3 is 2.67 bits per heavy atom. The summed E-state index contributed by atoms with van der Waals surface area (Å²) in [7, 11) is 1.49. The van der Waals surface area contributed by atoms with Crippen molar-refractivity contribution in [1.29, 1.82) is 0 Å². The molecular formula is C22H22ClN3O4. The zero-order chi connectivity index (χ0) is 21.4. The summed E-state index contributed by atoms with van der Waals surface area (Å²) >= 11 is 6.09. The van der Waals surface area contributed by atoms with Gasteiger partial charge in [0.2, 0.25) is 11.8 Å². The molecule has 0 radical (unpaired) electrons. The van der Waals surface area contributed by atoms with Crippen LogP contribution in [0.3, 0.4) is 0 Å². The lowest BCUT2D eigenvalue weighted by molar-refractivity contribution is -0.127. The Kier molecular flexibility index (Phi) is 5.39. The number of halogens is 1. The molecule has 0 saturated heterocycles. The molecule has 8 heteroatoms. The Balaban J connectivity index is 1.45. The Bertz CT molecular complexity index is 1040.